The van der Waals surface area contributed by atoms with E-state index in [1.807, 2.05) is 0 Å². The van der Waals surface area contributed by atoms with Gasteiger partial charge >= 0.3 is 0 Å². The molecule has 3 aromatic rings. The molecule has 0 atom stereocenters. The topological polar surface area (TPSA) is 64.1 Å². The van der Waals surface area contributed by atoms with Gasteiger partial charge in [-0.2, -0.15) is 0 Å². The molecule has 0 aliphatic heterocycles. The Morgan fingerprint density at radius 1 is 1.14 bits per heavy atom. The molecule has 0 saturated heterocycles. The number of rotatable bonds is 5. The van der Waals surface area contributed by atoms with E-state index < -0.39 is 0 Å². The lowest BCUT2D eigenvalue weighted by Gasteiger charge is -2.05. The van der Waals surface area contributed by atoms with Gasteiger partial charge in [-0.25, -0.2) is 4.39 Å². The van der Waals surface area contributed by atoms with Crippen molar-refractivity contribution in [2.45, 2.75) is 13.1 Å². The fraction of sp³-hybridized carbons (Fsp3) is 0.143. The van der Waals surface area contributed by atoms with Crippen molar-refractivity contribution < 1.29 is 13.2 Å². The summed E-state index contributed by atoms with van der Waals surface area (Å²) in [6.45, 7) is 0.572. The van der Waals surface area contributed by atoms with Crippen LogP contribution in [0.5, 0.6) is 0 Å². The van der Waals surface area contributed by atoms with Gasteiger partial charge in [0.15, 0.2) is 5.76 Å². The molecule has 0 aliphatic rings. The second-order valence-electron chi connectivity index (χ2n) is 4.28. The van der Waals surface area contributed by atoms with Gasteiger partial charge in [0.1, 0.15) is 5.82 Å². The highest BCUT2D eigenvalue weighted by Gasteiger charge is 2.11. The molecule has 5 nitrogen and oxygen atoms in total. The highest BCUT2D eigenvalue weighted by molar-refractivity contribution is 6.31. The van der Waals surface area contributed by atoms with Crippen molar-refractivity contribution in [2.24, 2.45) is 0 Å². The minimum atomic E-state index is -0.350. The zero-order valence-corrected chi connectivity index (χ0v) is 11.6. The number of aromatic nitrogens is 2. The Morgan fingerprint density at radius 2 is 2.05 bits per heavy atom. The van der Waals surface area contributed by atoms with E-state index >= 15 is 0 Å². The van der Waals surface area contributed by atoms with E-state index in [2.05, 4.69) is 15.5 Å². The molecular formula is C14H11ClFN3O2. The fourth-order valence-electron chi connectivity index (χ4n) is 1.82. The third-order valence-corrected chi connectivity index (χ3v) is 3.19. The lowest BCUT2D eigenvalue weighted by molar-refractivity contribution is 0.458. The predicted octanol–water partition coefficient (Wildman–Crippen LogP) is 3.41. The first-order valence-corrected chi connectivity index (χ1v) is 6.61. The van der Waals surface area contributed by atoms with E-state index in [0.717, 1.165) is 0 Å². The van der Waals surface area contributed by atoms with Crippen LogP contribution in [-0.4, -0.2) is 10.2 Å². The Labute approximate surface area is 124 Å². The quantitative estimate of drug-likeness (QED) is 0.782. The second-order valence-corrected chi connectivity index (χ2v) is 4.69. The van der Waals surface area contributed by atoms with Crippen molar-refractivity contribution in [1.29, 1.82) is 0 Å². The Hall–Kier alpha value is -2.18. The number of benzene rings is 1. The number of furan rings is 1. The van der Waals surface area contributed by atoms with Crippen molar-refractivity contribution in [3.63, 3.8) is 0 Å². The van der Waals surface area contributed by atoms with Gasteiger partial charge in [-0.1, -0.05) is 17.7 Å². The summed E-state index contributed by atoms with van der Waals surface area (Å²) in [5.74, 6) is 0.845. The summed E-state index contributed by atoms with van der Waals surface area (Å²) in [5.41, 5.74) is 0.407. The number of hydrogen-bond acceptors (Lipinski definition) is 5. The van der Waals surface area contributed by atoms with Crippen LogP contribution in [0.2, 0.25) is 5.02 Å². The van der Waals surface area contributed by atoms with Crippen molar-refractivity contribution >= 4 is 11.6 Å². The third-order valence-electron chi connectivity index (χ3n) is 2.84. The minimum Gasteiger partial charge on any atom is -0.459 e. The van der Waals surface area contributed by atoms with Gasteiger partial charge in [-0.15, -0.1) is 10.2 Å². The van der Waals surface area contributed by atoms with Gasteiger partial charge in [-0.3, -0.25) is 0 Å². The van der Waals surface area contributed by atoms with E-state index in [-0.39, 0.29) is 12.4 Å². The summed E-state index contributed by atoms with van der Waals surface area (Å²) in [7, 11) is 0. The maximum absolute atomic E-state index is 13.6. The Balaban J connectivity index is 1.61. The zero-order chi connectivity index (χ0) is 14.7. The second kappa shape index (κ2) is 6.07. The normalized spacial score (nSPS) is 11.0. The molecule has 108 valence electrons. The summed E-state index contributed by atoms with van der Waals surface area (Å²) >= 11 is 5.94. The monoisotopic (exact) mass is 307 g/mol. The van der Waals surface area contributed by atoms with E-state index in [4.69, 9.17) is 20.4 Å². The van der Waals surface area contributed by atoms with E-state index in [1.165, 1.54) is 12.3 Å². The Kier molecular flexibility index (Phi) is 3.98. The lowest BCUT2D eigenvalue weighted by Crippen LogP contribution is -2.14. The van der Waals surface area contributed by atoms with Gasteiger partial charge in [0.25, 0.3) is 5.89 Å². The lowest BCUT2D eigenvalue weighted by atomic mass is 10.2. The van der Waals surface area contributed by atoms with Gasteiger partial charge in [0.05, 0.1) is 12.8 Å². The zero-order valence-electron chi connectivity index (χ0n) is 10.8. The van der Waals surface area contributed by atoms with Crippen molar-refractivity contribution in [2.75, 3.05) is 0 Å². The summed E-state index contributed by atoms with van der Waals surface area (Å²) in [5, 5.41) is 11.1. The molecule has 0 saturated carbocycles. The van der Waals surface area contributed by atoms with Gasteiger partial charge in [0, 0.05) is 17.1 Å². The molecule has 21 heavy (non-hydrogen) atoms. The van der Waals surface area contributed by atoms with E-state index in [9.17, 15) is 4.39 Å². The number of halogens is 2. The molecule has 0 bridgehead atoms. The molecule has 2 aromatic heterocycles. The van der Waals surface area contributed by atoms with Crippen LogP contribution in [0.25, 0.3) is 11.7 Å². The van der Waals surface area contributed by atoms with Crippen LogP contribution in [0.15, 0.2) is 45.4 Å². The van der Waals surface area contributed by atoms with Crippen LogP contribution in [0.3, 0.4) is 0 Å². The number of nitrogens with zero attached hydrogens (tertiary/aromatic N) is 2. The summed E-state index contributed by atoms with van der Waals surface area (Å²) in [6.07, 6.45) is 1.53. The molecule has 1 aromatic carbocycles. The molecule has 2 heterocycles. The average molecular weight is 308 g/mol. The fourth-order valence-corrected chi connectivity index (χ4v) is 2.05. The minimum absolute atomic E-state index is 0.268. The smallest absolute Gasteiger partial charge is 0.283 e. The molecule has 0 amide bonds. The third kappa shape index (κ3) is 3.12. The predicted molar refractivity (Wildman–Crippen MR) is 74.0 cm³/mol. The van der Waals surface area contributed by atoms with Crippen LogP contribution in [-0.2, 0) is 13.1 Å². The molecule has 3 rings (SSSR count). The molecule has 0 radical (unpaired) electrons. The van der Waals surface area contributed by atoms with Crippen molar-refractivity contribution in [3.8, 4) is 11.7 Å². The molecular weight excluding hydrogens is 297 g/mol. The van der Waals surface area contributed by atoms with Gasteiger partial charge < -0.3 is 14.2 Å². The number of hydrogen-bond donors (Lipinski definition) is 1. The molecule has 0 aliphatic carbocycles. The Bertz CT molecular complexity index is 707. The summed E-state index contributed by atoms with van der Waals surface area (Å²) in [6, 6.07) is 8.03. The summed E-state index contributed by atoms with van der Waals surface area (Å²) in [4.78, 5) is 0. The molecule has 0 fully saturated rings. The number of nitrogens with one attached hydrogen (secondary N) is 1. The van der Waals surface area contributed by atoms with E-state index in [1.54, 1.807) is 24.3 Å². The highest BCUT2D eigenvalue weighted by atomic mass is 35.5. The molecule has 7 heteroatoms. The van der Waals surface area contributed by atoms with Crippen LogP contribution in [0, 0.1) is 5.82 Å². The van der Waals surface area contributed by atoms with Gasteiger partial charge in [0.2, 0.25) is 5.89 Å². The highest BCUT2D eigenvalue weighted by Crippen LogP contribution is 2.19. The van der Waals surface area contributed by atoms with E-state index in [0.29, 0.717) is 34.7 Å². The summed E-state index contributed by atoms with van der Waals surface area (Å²) < 4.78 is 24.2. The molecule has 0 unspecified atom stereocenters. The first kappa shape index (κ1) is 13.8. The average Bonchev–Trinajstić information content (AvgIpc) is 3.12. The van der Waals surface area contributed by atoms with Crippen LogP contribution in [0.1, 0.15) is 11.5 Å². The first-order chi connectivity index (χ1) is 10.2. The van der Waals surface area contributed by atoms with Gasteiger partial charge in [-0.05, 0) is 24.3 Å². The largest absolute Gasteiger partial charge is 0.459 e. The van der Waals surface area contributed by atoms with Crippen LogP contribution < -0.4 is 5.32 Å². The molecule has 1 N–H and O–H groups in total. The van der Waals surface area contributed by atoms with Crippen LogP contribution >= 0.6 is 11.6 Å². The maximum Gasteiger partial charge on any atom is 0.283 e. The van der Waals surface area contributed by atoms with Crippen LogP contribution in [0.4, 0.5) is 4.39 Å². The SMILES string of the molecule is Fc1cccc(Cl)c1CNCc1nnc(-c2ccco2)o1. The van der Waals surface area contributed by atoms with Crippen molar-refractivity contribution in [1.82, 2.24) is 15.5 Å². The first-order valence-electron chi connectivity index (χ1n) is 6.24. The van der Waals surface area contributed by atoms with Crippen molar-refractivity contribution in [3.05, 3.63) is 58.9 Å². The molecule has 0 spiro atoms. The standard InChI is InChI=1S/C14H11ClFN3O2/c15-10-3-1-4-11(16)9(10)7-17-8-13-18-19-14(21-13)12-5-2-6-20-12/h1-6,17H,7-8H2. The Morgan fingerprint density at radius 3 is 2.81 bits per heavy atom. The maximum atomic E-state index is 13.6.